The lowest BCUT2D eigenvalue weighted by atomic mass is 10.1. The number of hydrogen-bond acceptors (Lipinski definition) is 4. The molecule has 0 aliphatic carbocycles. The van der Waals surface area contributed by atoms with Crippen LogP contribution < -0.4 is 5.32 Å². The molecule has 0 aliphatic rings. The molecule has 0 bridgehead atoms. The van der Waals surface area contributed by atoms with E-state index in [4.69, 9.17) is 9.52 Å². The van der Waals surface area contributed by atoms with Gasteiger partial charge in [-0.3, -0.25) is 0 Å². The summed E-state index contributed by atoms with van der Waals surface area (Å²) in [5.74, 6) is -0.731. The number of carboxylic acid groups (broad SMARTS) is 1. The quantitative estimate of drug-likeness (QED) is 0.867. The molecule has 0 saturated carbocycles. The summed E-state index contributed by atoms with van der Waals surface area (Å²) >= 11 is 0. The zero-order chi connectivity index (χ0) is 13.1. The maximum Gasteiger partial charge on any atom is 0.357 e. The van der Waals surface area contributed by atoms with Crippen LogP contribution >= 0.6 is 0 Å². The Kier molecular flexibility index (Phi) is 3.32. The highest BCUT2D eigenvalue weighted by Gasteiger charge is 2.10. The Hall–Kier alpha value is -2.30. The molecule has 0 fully saturated rings. The summed E-state index contributed by atoms with van der Waals surface area (Å²) in [6.45, 7) is 4.37. The Labute approximate surface area is 104 Å². The van der Waals surface area contributed by atoms with Gasteiger partial charge in [-0.15, -0.1) is 0 Å². The zero-order valence-corrected chi connectivity index (χ0v) is 10.2. The second-order valence-electron chi connectivity index (χ2n) is 4.10. The average molecular weight is 246 g/mol. The Bertz CT molecular complexity index is 575. The summed E-state index contributed by atoms with van der Waals surface area (Å²) in [5.41, 5.74) is 3.19. The molecule has 1 heterocycles. The molecule has 0 amide bonds. The first kappa shape index (κ1) is 12.2. The number of carboxylic acids is 1. The van der Waals surface area contributed by atoms with Crippen molar-refractivity contribution in [3.63, 3.8) is 0 Å². The minimum atomic E-state index is -1.09. The molecule has 2 rings (SSSR count). The van der Waals surface area contributed by atoms with Gasteiger partial charge in [0.25, 0.3) is 0 Å². The lowest BCUT2D eigenvalue weighted by molar-refractivity contribution is 0.0690. The normalized spacial score (nSPS) is 10.3. The van der Waals surface area contributed by atoms with Crippen LogP contribution in [0.5, 0.6) is 0 Å². The predicted molar refractivity (Wildman–Crippen MR) is 66.7 cm³/mol. The van der Waals surface area contributed by atoms with Crippen LogP contribution in [0.1, 0.15) is 27.5 Å². The average Bonchev–Trinajstić information content (AvgIpc) is 2.79. The molecule has 2 N–H and O–H groups in total. The third-order valence-corrected chi connectivity index (χ3v) is 2.59. The summed E-state index contributed by atoms with van der Waals surface area (Å²) in [4.78, 5) is 14.5. The van der Waals surface area contributed by atoms with Crippen LogP contribution in [-0.2, 0) is 6.54 Å². The standard InChI is InChI=1S/C13H14N2O3/c1-8-3-4-9(2)10(5-8)14-6-12-15-11(7-18-12)13(16)17/h3-5,7,14H,6H2,1-2H3,(H,16,17). The van der Waals surface area contributed by atoms with E-state index >= 15 is 0 Å². The molecule has 1 aromatic heterocycles. The van der Waals surface area contributed by atoms with Crippen molar-refractivity contribution in [1.82, 2.24) is 4.98 Å². The summed E-state index contributed by atoms with van der Waals surface area (Å²) in [6.07, 6.45) is 1.14. The van der Waals surface area contributed by atoms with Crippen LogP contribution in [0, 0.1) is 13.8 Å². The van der Waals surface area contributed by atoms with E-state index in [1.54, 1.807) is 0 Å². The predicted octanol–water partition coefficient (Wildman–Crippen LogP) is 2.60. The minimum absolute atomic E-state index is 0.0761. The van der Waals surface area contributed by atoms with Gasteiger partial charge in [0.1, 0.15) is 6.26 Å². The van der Waals surface area contributed by atoms with Gasteiger partial charge >= 0.3 is 5.97 Å². The summed E-state index contributed by atoms with van der Waals surface area (Å²) < 4.78 is 5.06. The molecular weight excluding hydrogens is 232 g/mol. The Morgan fingerprint density at radius 2 is 2.22 bits per heavy atom. The number of anilines is 1. The fourth-order valence-electron chi connectivity index (χ4n) is 1.59. The van der Waals surface area contributed by atoms with Gasteiger partial charge in [-0.25, -0.2) is 9.78 Å². The molecule has 1 aromatic carbocycles. The highest BCUT2D eigenvalue weighted by molar-refractivity contribution is 5.84. The maximum atomic E-state index is 10.6. The van der Waals surface area contributed by atoms with E-state index in [0.29, 0.717) is 12.4 Å². The van der Waals surface area contributed by atoms with Crippen molar-refractivity contribution in [1.29, 1.82) is 0 Å². The Balaban J connectivity index is 2.06. The number of nitrogens with zero attached hydrogens (tertiary/aromatic N) is 1. The zero-order valence-electron chi connectivity index (χ0n) is 10.2. The van der Waals surface area contributed by atoms with Crippen molar-refractivity contribution in [2.45, 2.75) is 20.4 Å². The molecule has 0 saturated heterocycles. The number of rotatable bonds is 4. The van der Waals surface area contributed by atoms with Crippen molar-refractivity contribution < 1.29 is 14.3 Å². The van der Waals surface area contributed by atoms with E-state index in [9.17, 15) is 4.79 Å². The highest BCUT2D eigenvalue weighted by atomic mass is 16.4. The van der Waals surface area contributed by atoms with Gasteiger partial charge in [-0.05, 0) is 31.0 Å². The second-order valence-corrected chi connectivity index (χ2v) is 4.10. The third kappa shape index (κ3) is 2.68. The first-order valence-electron chi connectivity index (χ1n) is 5.55. The molecule has 18 heavy (non-hydrogen) atoms. The Morgan fingerprint density at radius 1 is 1.44 bits per heavy atom. The minimum Gasteiger partial charge on any atom is -0.476 e. The van der Waals surface area contributed by atoms with Gasteiger partial charge in [0.15, 0.2) is 5.69 Å². The van der Waals surface area contributed by atoms with Crippen LogP contribution in [0.3, 0.4) is 0 Å². The fourth-order valence-corrected chi connectivity index (χ4v) is 1.59. The van der Waals surface area contributed by atoms with E-state index < -0.39 is 5.97 Å². The molecule has 94 valence electrons. The van der Waals surface area contributed by atoms with Crippen LogP contribution in [0.15, 0.2) is 28.9 Å². The SMILES string of the molecule is Cc1ccc(C)c(NCc2nc(C(=O)O)co2)c1. The van der Waals surface area contributed by atoms with Crippen LogP contribution in [0.25, 0.3) is 0 Å². The van der Waals surface area contributed by atoms with Crippen LogP contribution in [0.2, 0.25) is 0 Å². The first-order valence-corrected chi connectivity index (χ1v) is 5.55. The summed E-state index contributed by atoms with van der Waals surface area (Å²) in [6, 6.07) is 6.08. The third-order valence-electron chi connectivity index (χ3n) is 2.59. The number of nitrogens with one attached hydrogen (secondary N) is 1. The van der Waals surface area contributed by atoms with Gasteiger partial charge < -0.3 is 14.8 Å². The molecule has 5 nitrogen and oxygen atoms in total. The van der Waals surface area contributed by atoms with Gasteiger partial charge in [0.05, 0.1) is 6.54 Å². The van der Waals surface area contributed by atoms with Crippen LogP contribution in [0.4, 0.5) is 5.69 Å². The molecule has 0 atom stereocenters. The van der Waals surface area contributed by atoms with Gasteiger partial charge in [0.2, 0.25) is 5.89 Å². The Morgan fingerprint density at radius 3 is 2.89 bits per heavy atom. The molecule has 0 unspecified atom stereocenters. The number of carbonyl (C=O) groups is 1. The smallest absolute Gasteiger partial charge is 0.357 e. The van der Waals surface area contributed by atoms with Crippen molar-refractivity contribution in [2.75, 3.05) is 5.32 Å². The van der Waals surface area contributed by atoms with Gasteiger partial charge in [-0.1, -0.05) is 12.1 Å². The molecule has 0 spiro atoms. The lowest BCUT2D eigenvalue weighted by Crippen LogP contribution is -2.03. The van der Waals surface area contributed by atoms with Crippen molar-refractivity contribution >= 4 is 11.7 Å². The molecule has 0 radical (unpaired) electrons. The molecule has 2 aromatic rings. The number of aromatic nitrogens is 1. The lowest BCUT2D eigenvalue weighted by Gasteiger charge is -2.08. The molecule has 5 heteroatoms. The molecular formula is C13H14N2O3. The van der Waals surface area contributed by atoms with Gasteiger partial charge in [0, 0.05) is 5.69 Å². The van der Waals surface area contributed by atoms with Crippen molar-refractivity contribution in [3.05, 3.63) is 47.2 Å². The summed E-state index contributed by atoms with van der Waals surface area (Å²) in [5, 5.41) is 11.9. The topological polar surface area (TPSA) is 75.4 Å². The van der Waals surface area contributed by atoms with E-state index in [2.05, 4.69) is 10.3 Å². The fraction of sp³-hybridized carbons (Fsp3) is 0.231. The number of benzene rings is 1. The number of hydrogen-bond donors (Lipinski definition) is 2. The first-order chi connectivity index (χ1) is 8.56. The second kappa shape index (κ2) is 4.91. The monoisotopic (exact) mass is 246 g/mol. The molecule has 0 aliphatic heterocycles. The number of aryl methyl sites for hydroxylation is 2. The van der Waals surface area contributed by atoms with E-state index in [-0.39, 0.29) is 5.69 Å². The van der Waals surface area contributed by atoms with Crippen molar-refractivity contribution in [3.8, 4) is 0 Å². The van der Waals surface area contributed by atoms with Crippen molar-refractivity contribution in [2.24, 2.45) is 0 Å². The van der Waals surface area contributed by atoms with E-state index in [1.165, 1.54) is 0 Å². The maximum absolute atomic E-state index is 10.6. The van der Waals surface area contributed by atoms with E-state index in [1.807, 2.05) is 32.0 Å². The number of oxazole rings is 1. The van der Waals surface area contributed by atoms with E-state index in [0.717, 1.165) is 23.1 Å². The van der Waals surface area contributed by atoms with Crippen LogP contribution in [-0.4, -0.2) is 16.1 Å². The largest absolute Gasteiger partial charge is 0.476 e. The van der Waals surface area contributed by atoms with Gasteiger partial charge in [-0.2, -0.15) is 0 Å². The number of aromatic carboxylic acids is 1. The summed E-state index contributed by atoms with van der Waals surface area (Å²) in [7, 11) is 0. The highest BCUT2D eigenvalue weighted by Crippen LogP contribution is 2.17.